The number of nitrogens with zero attached hydrogens (tertiary/aromatic N) is 2. The van der Waals surface area contributed by atoms with Crippen LogP contribution in [0.3, 0.4) is 0 Å². The van der Waals surface area contributed by atoms with Gasteiger partial charge in [-0.05, 0) is 25.0 Å². The average molecular weight is 204 g/mol. The number of rotatable bonds is 7. The van der Waals surface area contributed by atoms with Crippen molar-refractivity contribution in [1.82, 2.24) is 9.78 Å². The number of unbranched alkanes of at least 4 members (excludes halogenated alkanes) is 3. The zero-order valence-corrected chi connectivity index (χ0v) is 9.52. The second kappa shape index (κ2) is 7.04. The molecule has 0 aliphatic rings. The monoisotopic (exact) mass is 204 g/mol. The molecule has 1 aromatic heterocycles. The third-order valence-electron chi connectivity index (χ3n) is 2.34. The number of hydrogen-bond acceptors (Lipinski definition) is 1. The minimum Gasteiger partial charge on any atom is -0.248 e. The van der Waals surface area contributed by atoms with Crippen LogP contribution >= 0.6 is 0 Å². The van der Waals surface area contributed by atoms with Crippen LogP contribution in [0.15, 0.2) is 36.7 Å². The van der Waals surface area contributed by atoms with Crippen LogP contribution in [0.4, 0.5) is 0 Å². The highest BCUT2D eigenvalue weighted by Gasteiger charge is 1.90. The van der Waals surface area contributed by atoms with Gasteiger partial charge in [0.1, 0.15) is 0 Å². The molecule has 1 aromatic rings. The van der Waals surface area contributed by atoms with Crippen LogP contribution in [0.5, 0.6) is 0 Å². The lowest BCUT2D eigenvalue weighted by Gasteiger charge is -1.99. The van der Waals surface area contributed by atoms with Crippen molar-refractivity contribution in [2.75, 3.05) is 0 Å². The van der Waals surface area contributed by atoms with Crippen molar-refractivity contribution >= 4 is 6.20 Å². The molecule has 0 bridgehead atoms. The maximum absolute atomic E-state index is 4.09. The van der Waals surface area contributed by atoms with Gasteiger partial charge in [-0.2, -0.15) is 5.10 Å². The molecule has 15 heavy (non-hydrogen) atoms. The van der Waals surface area contributed by atoms with Gasteiger partial charge >= 0.3 is 0 Å². The molecule has 0 saturated carbocycles. The molecule has 0 unspecified atom stereocenters. The van der Waals surface area contributed by atoms with Crippen LogP contribution in [-0.4, -0.2) is 9.78 Å². The van der Waals surface area contributed by atoms with E-state index in [0.29, 0.717) is 0 Å². The van der Waals surface area contributed by atoms with Gasteiger partial charge in [-0.1, -0.05) is 38.3 Å². The smallest absolute Gasteiger partial charge is 0.0493 e. The van der Waals surface area contributed by atoms with E-state index in [-0.39, 0.29) is 0 Å². The topological polar surface area (TPSA) is 17.8 Å². The van der Waals surface area contributed by atoms with Crippen molar-refractivity contribution in [1.29, 1.82) is 0 Å². The summed E-state index contributed by atoms with van der Waals surface area (Å²) in [5.41, 5.74) is 1.18. The van der Waals surface area contributed by atoms with E-state index >= 15 is 0 Å². The van der Waals surface area contributed by atoms with Crippen LogP contribution in [0.1, 0.15) is 39.0 Å². The zero-order chi connectivity index (χ0) is 10.9. The van der Waals surface area contributed by atoms with E-state index in [4.69, 9.17) is 0 Å². The normalized spacial score (nSPS) is 11.0. The molecule has 0 fully saturated rings. The summed E-state index contributed by atoms with van der Waals surface area (Å²) in [5.74, 6) is 0. The van der Waals surface area contributed by atoms with E-state index in [9.17, 15) is 0 Å². The fourth-order valence-corrected chi connectivity index (χ4v) is 1.41. The summed E-state index contributed by atoms with van der Waals surface area (Å²) >= 11 is 0. The van der Waals surface area contributed by atoms with Gasteiger partial charge < -0.3 is 0 Å². The third-order valence-corrected chi connectivity index (χ3v) is 2.34. The van der Waals surface area contributed by atoms with Crippen LogP contribution < -0.4 is 0 Å². The second-order valence-corrected chi connectivity index (χ2v) is 3.77. The Morgan fingerprint density at radius 1 is 1.40 bits per heavy atom. The first-order valence-corrected chi connectivity index (χ1v) is 5.68. The Morgan fingerprint density at radius 3 is 2.93 bits per heavy atom. The summed E-state index contributed by atoms with van der Waals surface area (Å²) in [4.78, 5) is 0. The molecule has 0 spiro atoms. The van der Waals surface area contributed by atoms with Crippen molar-refractivity contribution in [2.45, 2.75) is 39.0 Å². The van der Waals surface area contributed by atoms with Crippen LogP contribution in [-0.2, 0) is 0 Å². The molecule has 0 aliphatic carbocycles. The largest absolute Gasteiger partial charge is 0.248 e. The highest BCUT2D eigenvalue weighted by Crippen LogP contribution is 2.09. The Hall–Kier alpha value is -1.31. The molecule has 1 rings (SSSR count). The molecule has 1 heterocycles. The predicted octanol–water partition coefficient (Wildman–Crippen LogP) is 3.88. The highest BCUT2D eigenvalue weighted by atomic mass is 15.2. The quantitative estimate of drug-likeness (QED) is 0.487. The SMILES string of the molecule is C=C(/C=C\n1cccn1)CCCCCC. The Kier molecular flexibility index (Phi) is 5.52. The first kappa shape index (κ1) is 11.8. The summed E-state index contributed by atoms with van der Waals surface area (Å²) in [6, 6.07) is 1.91. The Morgan fingerprint density at radius 2 is 2.27 bits per heavy atom. The molecule has 82 valence electrons. The molecule has 0 N–H and O–H groups in total. The standard InChI is InChI=1S/C13H20N2/c1-3-4-5-6-8-13(2)9-12-15-11-7-10-14-15/h7,9-12H,2-6,8H2,1H3/b12-9-. The lowest BCUT2D eigenvalue weighted by Crippen LogP contribution is -1.86. The van der Waals surface area contributed by atoms with Crippen molar-refractivity contribution in [3.05, 3.63) is 36.7 Å². The molecular weight excluding hydrogens is 184 g/mol. The van der Waals surface area contributed by atoms with E-state index in [1.54, 1.807) is 10.9 Å². The third kappa shape index (κ3) is 5.21. The van der Waals surface area contributed by atoms with Gasteiger partial charge in [0.2, 0.25) is 0 Å². The minimum atomic E-state index is 1.10. The molecule has 2 nitrogen and oxygen atoms in total. The first-order valence-electron chi connectivity index (χ1n) is 5.68. The first-order chi connectivity index (χ1) is 7.33. The summed E-state index contributed by atoms with van der Waals surface area (Å²) in [6.07, 6.45) is 13.9. The van der Waals surface area contributed by atoms with Crippen LogP contribution in [0.2, 0.25) is 0 Å². The number of hydrogen-bond donors (Lipinski definition) is 0. The molecule has 0 aromatic carbocycles. The number of aromatic nitrogens is 2. The molecule has 0 atom stereocenters. The summed E-state index contributed by atoms with van der Waals surface area (Å²) in [7, 11) is 0. The molecule has 0 radical (unpaired) electrons. The van der Waals surface area contributed by atoms with Gasteiger partial charge in [-0.15, -0.1) is 0 Å². The Balaban J connectivity index is 2.18. The van der Waals surface area contributed by atoms with E-state index in [1.807, 2.05) is 24.5 Å². The molecule has 0 amide bonds. The average Bonchev–Trinajstić information content (AvgIpc) is 2.74. The van der Waals surface area contributed by atoms with Gasteiger partial charge in [-0.25, -0.2) is 4.68 Å². The van der Waals surface area contributed by atoms with Crippen LogP contribution in [0, 0.1) is 0 Å². The van der Waals surface area contributed by atoms with E-state index in [1.165, 1.54) is 31.3 Å². The van der Waals surface area contributed by atoms with Gasteiger partial charge in [-0.3, -0.25) is 0 Å². The molecular formula is C13H20N2. The highest BCUT2D eigenvalue weighted by molar-refractivity contribution is 5.31. The van der Waals surface area contributed by atoms with Crippen molar-refractivity contribution < 1.29 is 0 Å². The van der Waals surface area contributed by atoms with Crippen molar-refractivity contribution in [3.63, 3.8) is 0 Å². The van der Waals surface area contributed by atoms with E-state index < -0.39 is 0 Å². The van der Waals surface area contributed by atoms with Crippen LogP contribution in [0.25, 0.3) is 6.20 Å². The molecule has 2 heteroatoms. The summed E-state index contributed by atoms with van der Waals surface area (Å²) < 4.78 is 1.79. The fourth-order valence-electron chi connectivity index (χ4n) is 1.41. The Bertz CT molecular complexity index is 296. The molecule has 0 saturated heterocycles. The Labute approximate surface area is 92.3 Å². The van der Waals surface area contributed by atoms with Crippen molar-refractivity contribution in [2.24, 2.45) is 0 Å². The van der Waals surface area contributed by atoms with Gasteiger partial charge in [0.05, 0.1) is 0 Å². The van der Waals surface area contributed by atoms with Gasteiger partial charge in [0.25, 0.3) is 0 Å². The minimum absolute atomic E-state index is 1.10. The van der Waals surface area contributed by atoms with Gasteiger partial charge in [0, 0.05) is 18.6 Å². The summed E-state index contributed by atoms with van der Waals surface area (Å²) in [5, 5.41) is 4.09. The second-order valence-electron chi connectivity index (χ2n) is 3.77. The lowest BCUT2D eigenvalue weighted by molar-refractivity contribution is 0.668. The zero-order valence-electron chi connectivity index (χ0n) is 9.52. The maximum Gasteiger partial charge on any atom is 0.0493 e. The summed E-state index contributed by atoms with van der Waals surface area (Å²) in [6.45, 7) is 6.25. The van der Waals surface area contributed by atoms with Crippen molar-refractivity contribution in [3.8, 4) is 0 Å². The number of allylic oxidation sites excluding steroid dienone is 2. The van der Waals surface area contributed by atoms with E-state index in [2.05, 4.69) is 18.6 Å². The van der Waals surface area contributed by atoms with E-state index in [0.717, 1.165) is 6.42 Å². The molecule has 0 aliphatic heterocycles. The fraction of sp³-hybridized carbons (Fsp3) is 0.462. The predicted molar refractivity (Wildman–Crippen MR) is 65.5 cm³/mol. The lowest BCUT2D eigenvalue weighted by atomic mass is 10.1. The maximum atomic E-state index is 4.09. The van der Waals surface area contributed by atoms with Gasteiger partial charge in [0.15, 0.2) is 0 Å².